The van der Waals surface area contributed by atoms with Crippen molar-refractivity contribution in [1.29, 1.82) is 5.26 Å². The first kappa shape index (κ1) is 18.5. The Morgan fingerprint density at radius 3 is 2.78 bits per heavy atom. The molecule has 4 atom stereocenters. The SMILES string of the molecule is CC1C(Oc2ccc(C#N)cc2Cl)=NC=CC1OC1C2CNCC1COC2. The van der Waals surface area contributed by atoms with Gasteiger partial charge in [0.25, 0.3) is 0 Å². The lowest BCUT2D eigenvalue weighted by atomic mass is 9.85. The third-order valence-corrected chi connectivity index (χ3v) is 5.65. The molecule has 6 nitrogen and oxygen atoms in total. The molecule has 1 aromatic carbocycles. The minimum atomic E-state index is -0.110. The lowest BCUT2D eigenvalue weighted by molar-refractivity contribution is -0.144. The normalized spacial score (nSPS) is 32.5. The van der Waals surface area contributed by atoms with Gasteiger partial charge in [-0.05, 0) is 24.3 Å². The molecule has 2 fully saturated rings. The Kier molecular flexibility index (Phi) is 5.46. The van der Waals surface area contributed by atoms with Gasteiger partial charge in [-0.15, -0.1) is 0 Å². The third-order valence-electron chi connectivity index (χ3n) is 5.36. The Morgan fingerprint density at radius 2 is 2.07 bits per heavy atom. The number of benzene rings is 1. The maximum Gasteiger partial charge on any atom is 0.200 e. The summed E-state index contributed by atoms with van der Waals surface area (Å²) in [6, 6.07) is 7.02. The maximum atomic E-state index is 8.96. The molecule has 0 spiro atoms. The summed E-state index contributed by atoms with van der Waals surface area (Å²) in [5.74, 6) is 1.74. The van der Waals surface area contributed by atoms with Crippen molar-refractivity contribution in [3.63, 3.8) is 0 Å². The van der Waals surface area contributed by atoms with Crippen LogP contribution in [0.15, 0.2) is 35.5 Å². The summed E-state index contributed by atoms with van der Waals surface area (Å²) in [5, 5.41) is 12.8. The van der Waals surface area contributed by atoms with Gasteiger partial charge in [-0.1, -0.05) is 18.5 Å². The second-order valence-corrected chi connectivity index (χ2v) is 7.64. The van der Waals surface area contributed by atoms with E-state index >= 15 is 0 Å². The zero-order valence-corrected chi connectivity index (χ0v) is 15.9. The minimum absolute atomic E-state index is 0.0433. The second-order valence-electron chi connectivity index (χ2n) is 7.24. The van der Waals surface area contributed by atoms with Crippen LogP contribution >= 0.6 is 11.6 Å². The van der Waals surface area contributed by atoms with Gasteiger partial charge in [0.05, 0.1) is 48.0 Å². The van der Waals surface area contributed by atoms with Crippen LogP contribution in [0.25, 0.3) is 0 Å². The number of nitrogens with one attached hydrogen (secondary N) is 1. The van der Waals surface area contributed by atoms with E-state index in [-0.39, 0.29) is 18.1 Å². The molecule has 7 heteroatoms. The van der Waals surface area contributed by atoms with Gasteiger partial charge in [-0.25, -0.2) is 4.99 Å². The first-order valence-electron chi connectivity index (χ1n) is 9.21. The molecule has 3 heterocycles. The van der Waals surface area contributed by atoms with Crippen molar-refractivity contribution in [2.45, 2.75) is 19.1 Å². The second kappa shape index (κ2) is 7.99. The van der Waals surface area contributed by atoms with Gasteiger partial charge < -0.3 is 19.5 Å². The fourth-order valence-electron chi connectivity index (χ4n) is 3.83. The van der Waals surface area contributed by atoms with Gasteiger partial charge in [-0.2, -0.15) is 5.26 Å². The molecule has 4 rings (SSSR count). The lowest BCUT2D eigenvalue weighted by Gasteiger charge is -2.44. The standard InChI is InChI=1S/C20H22ClN3O3/c1-12-17(26-19-14-8-23-9-15(19)11-25-10-14)4-5-24-20(12)27-18-3-2-13(7-22)6-16(18)21/h2-6,12,14-15,17,19,23H,8-11H2,1H3. The van der Waals surface area contributed by atoms with Crippen LogP contribution in [0.3, 0.4) is 0 Å². The van der Waals surface area contributed by atoms with Crippen LogP contribution in [0.1, 0.15) is 12.5 Å². The predicted octanol–water partition coefficient (Wildman–Crippen LogP) is 2.77. The Bertz CT molecular complexity index is 782. The van der Waals surface area contributed by atoms with Gasteiger partial charge in [0.2, 0.25) is 5.90 Å². The summed E-state index contributed by atoms with van der Waals surface area (Å²) in [6.07, 6.45) is 3.78. The molecule has 1 aromatic rings. The molecule has 1 N–H and O–H groups in total. The molecule has 0 saturated carbocycles. The zero-order valence-electron chi connectivity index (χ0n) is 15.1. The number of aliphatic imine (C=N–C) groups is 1. The number of hydrogen-bond acceptors (Lipinski definition) is 6. The maximum absolute atomic E-state index is 8.96. The largest absolute Gasteiger partial charge is 0.441 e. The van der Waals surface area contributed by atoms with Crippen LogP contribution in [0.5, 0.6) is 5.75 Å². The van der Waals surface area contributed by atoms with Gasteiger partial charge >= 0.3 is 0 Å². The highest BCUT2D eigenvalue weighted by Gasteiger charge is 2.40. The first-order chi connectivity index (χ1) is 13.2. The van der Waals surface area contributed by atoms with E-state index in [0.717, 1.165) is 26.3 Å². The van der Waals surface area contributed by atoms with Crippen molar-refractivity contribution < 1.29 is 14.2 Å². The van der Waals surface area contributed by atoms with Gasteiger partial charge in [0.15, 0.2) is 0 Å². The minimum Gasteiger partial charge on any atom is -0.441 e. The summed E-state index contributed by atoms with van der Waals surface area (Å²) in [6.45, 7) is 5.35. The van der Waals surface area contributed by atoms with Crippen LogP contribution in [0.2, 0.25) is 5.02 Å². The van der Waals surface area contributed by atoms with E-state index in [1.54, 1.807) is 24.4 Å². The quantitative estimate of drug-likeness (QED) is 0.863. The number of rotatable bonds is 3. The average molecular weight is 388 g/mol. The van der Waals surface area contributed by atoms with Crippen molar-refractivity contribution >= 4 is 17.5 Å². The van der Waals surface area contributed by atoms with E-state index in [9.17, 15) is 0 Å². The average Bonchev–Trinajstić information content (AvgIpc) is 2.66. The number of nitrogens with zero attached hydrogens (tertiary/aromatic N) is 2. The highest BCUT2D eigenvalue weighted by molar-refractivity contribution is 6.32. The number of hydrogen-bond donors (Lipinski definition) is 1. The molecule has 2 saturated heterocycles. The summed E-state index contributed by atoms with van der Waals surface area (Å²) in [5.41, 5.74) is 0.492. The molecule has 3 aliphatic rings. The van der Waals surface area contributed by atoms with E-state index in [1.165, 1.54) is 0 Å². The molecular weight excluding hydrogens is 366 g/mol. The monoisotopic (exact) mass is 387 g/mol. The third kappa shape index (κ3) is 3.87. The molecule has 0 aliphatic carbocycles. The molecule has 3 aliphatic heterocycles. The van der Waals surface area contributed by atoms with Crippen LogP contribution in [0, 0.1) is 29.1 Å². The molecular formula is C20H22ClN3O3. The van der Waals surface area contributed by atoms with Crippen LogP contribution in [0.4, 0.5) is 0 Å². The number of ether oxygens (including phenoxy) is 3. The Hall–Kier alpha value is -1.91. The Morgan fingerprint density at radius 1 is 1.30 bits per heavy atom. The molecule has 2 bridgehead atoms. The highest BCUT2D eigenvalue weighted by atomic mass is 35.5. The molecule has 0 amide bonds. The smallest absolute Gasteiger partial charge is 0.200 e. The summed E-state index contributed by atoms with van der Waals surface area (Å²) < 4.78 is 18.1. The summed E-state index contributed by atoms with van der Waals surface area (Å²) in [7, 11) is 0. The number of halogens is 1. The van der Waals surface area contributed by atoms with Crippen molar-refractivity contribution in [2.24, 2.45) is 22.7 Å². The van der Waals surface area contributed by atoms with Gasteiger partial charge in [0.1, 0.15) is 5.75 Å². The molecule has 142 valence electrons. The first-order valence-corrected chi connectivity index (χ1v) is 9.59. The predicted molar refractivity (Wildman–Crippen MR) is 102 cm³/mol. The lowest BCUT2D eigenvalue weighted by Crippen LogP contribution is -2.56. The van der Waals surface area contributed by atoms with Crippen LogP contribution < -0.4 is 10.1 Å². The molecule has 27 heavy (non-hydrogen) atoms. The van der Waals surface area contributed by atoms with E-state index in [4.69, 9.17) is 31.1 Å². The van der Waals surface area contributed by atoms with E-state index in [2.05, 4.69) is 16.4 Å². The van der Waals surface area contributed by atoms with E-state index in [1.807, 2.05) is 13.0 Å². The van der Waals surface area contributed by atoms with Gasteiger partial charge in [0, 0.05) is 31.1 Å². The Labute approximate surface area is 163 Å². The van der Waals surface area contributed by atoms with Crippen LogP contribution in [-0.4, -0.2) is 44.4 Å². The summed E-state index contributed by atoms with van der Waals surface area (Å²) in [4.78, 5) is 4.38. The van der Waals surface area contributed by atoms with E-state index in [0.29, 0.717) is 34.1 Å². The number of fused-ring (bicyclic) bond motifs is 2. The van der Waals surface area contributed by atoms with Crippen LogP contribution in [-0.2, 0) is 9.47 Å². The fourth-order valence-corrected chi connectivity index (χ4v) is 4.05. The molecule has 4 unspecified atom stereocenters. The number of piperidine rings is 1. The van der Waals surface area contributed by atoms with Crippen molar-refractivity contribution in [2.75, 3.05) is 26.3 Å². The fraction of sp³-hybridized carbons (Fsp3) is 0.500. The van der Waals surface area contributed by atoms with Gasteiger partial charge in [-0.3, -0.25) is 0 Å². The van der Waals surface area contributed by atoms with E-state index < -0.39 is 0 Å². The zero-order chi connectivity index (χ0) is 18.8. The topological polar surface area (TPSA) is 75.9 Å². The number of nitriles is 1. The molecule has 0 aromatic heterocycles. The molecule has 0 radical (unpaired) electrons. The summed E-state index contributed by atoms with van der Waals surface area (Å²) >= 11 is 6.23. The van der Waals surface area contributed by atoms with Crippen molar-refractivity contribution in [3.05, 3.63) is 41.1 Å². The van der Waals surface area contributed by atoms with Crippen molar-refractivity contribution in [3.8, 4) is 11.8 Å². The highest BCUT2D eigenvalue weighted by Crippen LogP contribution is 2.32. The van der Waals surface area contributed by atoms with Crippen molar-refractivity contribution in [1.82, 2.24) is 5.32 Å². The Balaban J connectivity index is 1.45.